The summed E-state index contributed by atoms with van der Waals surface area (Å²) in [5.41, 5.74) is -3.38. The molecule has 1 aromatic heterocycles. The molecule has 0 aliphatic heterocycles. The van der Waals surface area contributed by atoms with E-state index in [0.29, 0.717) is 6.20 Å². The second-order valence-electron chi connectivity index (χ2n) is 3.04. The highest BCUT2D eigenvalue weighted by atomic mass is 79.9. The Morgan fingerprint density at radius 3 is 2.39 bits per heavy atom. The zero-order valence-corrected chi connectivity index (χ0v) is 10.3. The van der Waals surface area contributed by atoms with Crippen molar-refractivity contribution in [2.45, 2.75) is 12.6 Å². The van der Waals surface area contributed by atoms with Crippen LogP contribution in [0.4, 0.5) is 22.0 Å². The van der Waals surface area contributed by atoms with Crippen LogP contribution in [-0.4, -0.2) is 18.1 Å². The van der Waals surface area contributed by atoms with Crippen molar-refractivity contribution in [3.63, 3.8) is 0 Å². The Labute approximate surface area is 106 Å². The molecule has 3 nitrogen and oxygen atoms in total. The first-order valence-electron chi connectivity index (χ1n) is 4.32. The van der Waals surface area contributed by atoms with Crippen molar-refractivity contribution in [1.29, 1.82) is 0 Å². The van der Waals surface area contributed by atoms with Crippen LogP contribution in [0.5, 0.6) is 0 Å². The van der Waals surface area contributed by atoms with Crippen LogP contribution >= 0.6 is 15.9 Å². The maximum Gasteiger partial charge on any atom is 0.418 e. The summed E-state index contributed by atoms with van der Waals surface area (Å²) in [6.07, 6.45) is -7.87. The normalized spacial score (nSPS) is 11.8. The molecule has 1 rings (SSSR count). The van der Waals surface area contributed by atoms with Gasteiger partial charge in [-0.3, -0.25) is 0 Å². The number of aromatic nitrogens is 1. The van der Waals surface area contributed by atoms with Crippen LogP contribution in [0.2, 0.25) is 0 Å². The molecular formula is C9H5BrF5NO2. The number of rotatable bonds is 2. The minimum absolute atomic E-state index is 0.294. The zero-order valence-electron chi connectivity index (χ0n) is 8.69. The monoisotopic (exact) mass is 333 g/mol. The molecule has 0 saturated heterocycles. The van der Waals surface area contributed by atoms with Gasteiger partial charge in [0.2, 0.25) is 0 Å². The van der Waals surface area contributed by atoms with Gasteiger partial charge in [-0.1, -0.05) is 0 Å². The van der Waals surface area contributed by atoms with Crippen molar-refractivity contribution in [3.05, 3.63) is 27.5 Å². The summed E-state index contributed by atoms with van der Waals surface area (Å²) in [4.78, 5) is 14.2. The van der Waals surface area contributed by atoms with Gasteiger partial charge in [0.25, 0.3) is 6.43 Å². The van der Waals surface area contributed by atoms with E-state index in [4.69, 9.17) is 0 Å². The highest BCUT2D eigenvalue weighted by molar-refractivity contribution is 9.10. The molecular weight excluding hydrogens is 329 g/mol. The van der Waals surface area contributed by atoms with Gasteiger partial charge in [-0.15, -0.1) is 0 Å². The topological polar surface area (TPSA) is 39.2 Å². The van der Waals surface area contributed by atoms with Gasteiger partial charge in [-0.25, -0.2) is 18.6 Å². The van der Waals surface area contributed by atoms with E-state index < -0.39 is 39.9 Å². The van der Waals surface area contributed by atoms with Crippen LogP contribution in [0, 0.1) is 0 Å². The Morgan fingerprint density at radius 1 is 1.44 bits per heavy atom. The van der Waals surface area contributed by atoms with E-state index in [9.17, 15) is 26.7 Å². The van der Waals surface area contributed by atoms with Gasteiger partial charge in [-0.2, -0.15) is 13.2 Å². The van der Waals surface area contributed by atoms with E-state index in [0.717, 1.165) is 7.11 Å². The van der Waals surface area contributed by atoms with E-state index in [1.165, 1.54) is 0 Å². The SMILES string of the molecule is COC(=O)c1ncc(C(F)(F)F)c(Br)c1C(F)F. The second-order valence-corrected chi connectivity index (χ2v) is 3.83. The number of esters is 1. The summed E-state index contributed by atoms with van der Waals surface area (Å²) in [6.45, 7) is 0. The van der Waals surface area contributed by atoms with Crippen LogP contribution in [0.3, 0.4) is 0 Å². The fourth-order valence-corrected chi connectivity index (χ4v) is 1.85. The Morgan fingerprint density at radius 2 is 2.00 bits per heavy atom. The zero-order chi connectivity index (χ0) is 14.1. The molecule has 0 saturated carbocycles. The van der Waals surface area contributed by atoms with Gasteiger partial charge in [0.15, 0.2) is 5.69 Å². The molecule has 100 valence electrons. The maximum absolute atomic E-state index is 12.7. The van der Waals surface area contributed by atoms with Crippen molar-refractivity contribution in [3.8, 4) is 0 Å². The molecule has 0 bridgehead atoms. The van der Waals surface area contributed by atoms with E-state index >= 15 is 0 Å². The van der Waals surface area contributed by atoms with Crippen LogP contribution in [0.1, 0.15) is 28.0 Å². The third-order valence-corrected chi connectivity index (χ3v) is 2.81. The lowest BCUT2D eigenvalue weighted by Crippen LogP contribution is -2.15. The van der Waals surface area contributed by atoms with Gasteiger partial charge >= 0.3 is 12.1 Å². The molecule has 0 amide bonds. The Hall–Kier alpha value is -1.25. The number of hydrogen-bond donors (Lipinski definition) is 0. The summed E-state index contributed by atoms with van der Waals surface area (Å²) >= 11 is 2.42. The van der Waals surface area contributed by atoms with Crippen molar-refractivity contribution in [1.82, 2.24) is 4.98 Å². The first-order chi connectivity index (χ1) is 8.20. The number of ether oxygens (including phenoxy) is 1. The number of methoxy groups -OCH3 is 1. The predicted molar refractivity (Wildman–Crippen MR) is 53.2 cm³/mol. The first kappa shape index (κ1) is 14.8. The summed E-state index contributed by atoms with van der Waals surface area (Å²) in [5.74, 6) is -1.24. The molecule has 0 radical (unpaired) electrons. The van der Waals surface area contributed by atoms with Gasteiger partial charge in [-0.05, 0) is 15.9 Å². The van der Waals surface area contributed by atoms with Crippen molar-refractivity contribution >= 4 is 21.9 Å². The highest BCUT2D eigenvalue weighted by Gasteiger charge is 2.37. The van der Waals surface area contributed by atoms with Crippen LogP contribution in [-0.2, 0) is 10.9 Å². The quantitative estimate of drug-likeness (QED) is 0.613. The molecule has 9 heteroatoms. The van der Waals surface area contributed by atoms with Gasteiger partial charge in [0.05, 0.1) is 18.2 Å². The smallest absolute Gasteiger partial charge is 0.418 e. The van der Waals surface area contributed by atoms with Crippen molar-refractivity contribution in [2.75, 3.05) is 7.11 Å². The lowest BCUT2D eigenvalue weighted by Gasteiger charge is -2.14. The molecule has 0 aliphatic rings. The maximum atomic E-state index is 12.7. The lowest BCUT2D eigenvalue weighted by atomic mass is 10.1. The number of halogens is 6. The summed E-state index contributed by atoms with van der Waals surface area (Å²) < 4.78 is 66.1. The largest absolute Gasteiger partial charge is 0.464 e. The fourth-order valence-electron chi connectivity index (χ4n) is 1.16. The predicted octanol–water partition coefficient (Wildman–Crippen LogP) is 3.59. The van der Waals surface area contributed by atoms with Crippen LogP contribution in [0.15, 0.2) is 10.7 Å². The highest BCUT2D eigenvalue weighted by Crippen LogP contribution is 2.40. The number of pyridine rings is 1. The van der Waals surface area contributed by atoms with E-state index in [2.05, 4.69) is 25.7 Å². The minimum Gasteiger partial charge on any atom is -0.464 e. The van der Waals surface area contributed by atoms with Crippen LogP contribution in [0.25, 0.3) is 0 Å². The van der Waals surface area contributed by atoms with Gasteiger partial charge in [0.1, 0.15) is 0 Å². The number of carbonyl (C=O) groups excluding carboxylic acids is 1. The number of hydrogen-bond acceptors (Lipinski definition) is 3. The average molecular weight is 334 g/mol. The standard InChI is InChI=1S/C9H5BrF5NO2/c1-18-8(17)6-4(7(11)12)5(10)3(2-16-6)9(13,14)15/h2,7H,1H3. The number of alkyl halides is 5. The Kier molecular flexibility index (Phi) is 4.25. The van der Waals surface area contributed by atoms with E-state index in [1.54, 1.807) is 0 Å². The Bertz CT molecular complexity index is 475. The summed E-state index contributed by atoms with van der Waals surface area (Å²) in [7, 11) is 0.908. The molecule has 0 aliphatic carbocycles. The molecule has 0 spiro atoms. The first-order valence-corrected chi connectivity index (χ1v) is 5.11. The number of nitrogens with zero attached hydrogens (tertiary/aromatic N) is 1. The van der Waals surface area contributed by atoms with E-state index in [-0.39, 0.29) is 0 Å². The molecule has 1 heterocycles. The molecule has 1 aromatic rings. The average Bonchev–Trinajstić information content (AvgIpc) is 2.25. The Balaban J connectivity index is 3.53. The third-order valence-electron chi connectivity index (χ3n) is 1.95. The molecule has 0 unspecified atom stereocenters. The minimum atomic E-state index is -4.86. The summed E-state index contributed by atoms with van der Waals surface area (Å²) in [6, 6.07) is 0. The molecule has 0 fully saturated rings. The molecule has 0 atom stereocenters. The summed E-state index contributed by atoms with van der Waals surface area (Å²) in [5, 5.41) is 0. The molecule has 0 aromatic carbocycles. The van der Waals surface area contributed by atoms with Crippen molar-refractivity contribution < 1.29 is 31.5 Å². The van der Waals surface area contributed by atoms with Crippen LogP contribution < -0.4 is 0 Å². The fraction of sp³-hybridized carbons (Fsp3) is 0.333. The third kappa shape index (κ3) is 2.77. The number of carbonyl (C=O) groups is 1. The van der Waals surface area contributed by atoms with Gasteiger partial charge in [0, 0.05) is 10.7 Å². The van der Waals surface area contributed by atoms with Gasteiger partial charge < -0.3 is 4.74 Å². The second kappa shape index (κ2) is 5.17. The van der Waals surface area contributed by atoms with E-state index in [1.807, 2.05) is 0 Å². The lowest BCUT2D eigenvalue weighted by molar-refractivity contribution is -0.138. The molecule has 0 N–H and O–H groups in total. The van der Waals surface area contributed by atoms with Crippen molar-refractivity contribution in [2.24, 2.45) is 0 Å². The molecule has 18 heavy (non-hydrogen) atoms.